The summed E-state index contributed by atoms with van der Waals surface area (Å²) in [6.07, 6.45) is 1.69. The maximum atomic E-state index is 12.4. The van der Waals surface area contributed by atoms with Gasteiger partial charge < -0.3 is 24.8 Å². The molecule has 0 aliphatic carbocycles. The molecule has 0 spiro atoms. The highest BCUT2D eigenvalue weighted by atomic mass is 35.5. The topological polar surface area (TPSA) is 68.8 Å². The monoisotopic (exact) mass is 452 g/mol. The van der Waals surface area contributed by atoms with Crippen molar-refractivity contribution in [3.8, 4) is 11.5 Å². The van der Waals surface area contributed by atoms with Crippen molar-refractivity contribution in [3.63, 3.8) is 0 Å². The van der Waals surface area contributed by atoms with Crippen LogP contribution in [0.25, 0.3) is 0 Å². The summed E-state index contributed by atoms with van der Waals surface area (Å²) in [4.78, 5) is 12.4. The Labute approximate surface area is 192 Å². The fourth-order valence-corrected chi connectivity index (χ4v) is 3.64. The molecule has 2 N–H and O–H groups in total. The van der Waals surface area contributed by atoms with Gasteiger partial charge in [-0.05, 0) is 72.1 Å². The summed E-state index contributed by atoms with van der Waals surface area (Å²) >= 11 is 6.41. The van der Waals surface area contributed by atoms with Crippen LogP contribution in [-0.4, -0.2) is 32.5 Å². The maximum Gasteiger partial charge on any atom is 0.323 e. The predicted octanol–water partition coefficient (Wildman–Crippen LogP) is 5.75. The molecule has 166 valence electrons. The van der Waals surface area contributed by atoms with Gasteiger partial charge in [-0.2, -0.15) is 0 Å². The number of halogens is 1. The van der Waals surface area contributed by atoms with Crippen molar-refractivity contribution < 1.29 is 19.0 Å². The zero-order chi connectivity index (χ0) is 22.3. The van der Waals surface area contributed by atoms with Gasteiger partial charge in [0, 0.05) is 22.8 Å². The second-order valence-corrected chi connectivity index (χ2v) is 7.95. The molecule has 2 amide bonds. The molecule has 1 fully saturated rings. The molecular formula is C25H25ClN2O4. The third-order valence-electron chi connectivity index (χ3n) is 5.16. The Balaban J connectivity index is 1.36. The largest absolute Gasteiger partial charge is 0.497 e. The molecule has 7 heteroatoms. The molecule has 1 aliphatic rings. The normalized spacial score (nSPS) is 15.2. The smallest absolute Gasteiger partial charge is 0.323 e. The number of methoxy groups -OCH3 is 1. The number of carbonyl (C=O) groups excluding carboxylic acids is 1. The number of hydrogen-bond acceptors (Lipinski definition) is 4. The Morgan fingerprint density at radius 3 is 2.38 bits per heavy atom. The first-order chi connectivity index (χ1) is 15.6. The van der Waals surface area contributed by atoms with E-state index in [1.54, 1.807) is 43.5 Å². The van der Waals surface area contributed by atoms with E-state index in [1.165, 1.54) is 0 Å². The Kier molecular flexibility index (Phi) is 7.14. The Morgan fingerprint density at radius 1 is 1.00 bits per heavy atom. The van der Waals surface area contributed by atoms with E-state index in [-0.39, 0.29) is 12.1 Å². The lowest BCUT2D eigenvalue weighted by Gasteiger charge is -2.13. The molecule has 0 aromatic heterocycles. The van der Waals surface area contributed by atoms with Crippen LogP contribution in [0.5, 0.6) is 11.5 Å². The van der Waals surface area contributed by atoms with Gasteiger partial charge in [0.05, 0.1) is 20.3 Å². The second kappa shape index (κ2) is 10.4. The number of carbonyl (C=O) groups is 1. The molecule has 0 saturated carbocycles. The first-order valence-electron chi connectivity index (χ1n) is 10.4. The number of urea groups is 1. The minimum absolute atomic E-state index is 0.127. The van der Waals surface area contributed by atoms with Gasteiger partial charge in [-0.25, -0.2) is 4.79 Å². The number of benzene rings is 3. The number of hydrogen-bond donors (Lipinski definition) is 2. The number of nitrogens with one attached hydrogen (secondary N) is 2. The summed E-state index contributed by atoms with van der Waals surface area (Å²) < 4.78 is 16.4. The molecule has 1 aliphatic heterocycles. The fourth-order valence-electron chi connectivity index (χ4n) is 3.46. The van der Waals surface area contributed by atoms with Gasteiger partial charge in [-0.15, -0.1) is 0 Å². The zero-order valence-electron chi connectivity index (χ0n) is 17.8. The van der Waals surface area contributed by atoms with Crippen molar-refractivity contribution in [2.45, 2.75) is 18.9 Å². The summed E-state index contributed by atoms with van der Waals surface area (Å²) in [6.45, 7) is 1.40. The van der Waals surface area contributed by atoms with E-state index in [1.807, 2.05) is 30.3 Å². The Morgan fingerprint density at radius 2 is 1.69 bits per heavy atom. The quantitative estimate of drug-likeness (QED) is 0.478. The van der Waals surface area contributed by atoms with Crippen molar-refractivity contribution >= 4 is 29.0 Å². The number of amides is 2. The van der Waals surface area contributed by atoms with E-state index in [4.69, 9.17) is 25.8 Å². The van der Waals surface area contributed by atoms with Crippen LogP contribution in [0.2, 0.25) is 5.02 Å². The average Bonchev–Trinajstić information content (AvgIpc) is 3.31. The highest BCUT2D eigenvalue weighted by molar-refractivity contribution is 6.31. The number of anilines is 2. The van der Waals surface area contributed by atoms with Gasteiger partial charge in [0.1, 0.15) is 17.6 Å². The predicted molar refractivity (Wildman–Crippen MR) is 126 cm³/mol. The van der Waals surface area contributed by atoms with Crippen molar-refractivity contribution in [1.29, 1.82) is 0 Å². The van der Waals surface area contributed by atoms with Gasteiger partial charge >= 0.3 is 6.03 Å². The van der Waals surface area contributed by atoms with Crippen LogP contribution in [0, 0.1) is 0 Å². The van der Waals surface area contributed by atoms with Gasteiger partial charge in [-0.3, -0.25) is 0 Å². The summed E-state index contributed by atoms with van der Waals surface area (Å²) in [5.74, 6) is 1.56. The lowest BCUT2D eigenvalue weighted by Crippen LogP contribution is -2.19. The third-order valence-corrected chi connectivity index (χ3v) is 5.53. The highest BCUT2D eigenvalue weighted by Gasteiger charge is 2.17. The molecule has 32 heavy (non-hydrogen) atoms. The van der Waals surface area contributed by atoms with Crippen molar-refractivity contribution in [2.24, 2.45) is 0 Å². The van der Waals surface area contributed by atoms with Crippen LogP contribution in [0.4, 0.5) is 16.2 Å². The van der Waals surface area contributed by atoms with Crippen LogP contribution in [0.3, 0.4) is 0 Å². The SMILES string of the molecule is COc1ccc(NC(=O)Nc2ccc(Cl)c(Cc3ccc(O[C@@H]4CCOC4)cc3)c2)cc1. The van der Waals surface area contributed by atoms with E-state index < -0.39 is 0 Å². The Bertz CT molecular complexity index is 1050. The van der Waals surface area contributed by atoms with Crippen molar-refractivity contribution in [1.82, 2.24) is 0 Å². The first-order valence-corrected chi connectivity index (χ1v) is 10.8. The Hall–Kier alpha value is -3.22. The molecule has 1 saturated heterocycles. The minimum atomic E-state index is -0.333. The van der Waals surface area contributed by atoms with E-state index in [9.17, 15) is 4.79 Å². The van der Waals surface area contributed by atoms with Crippen LogP contribution in [0.15, 0.2) is 66.7 Å². The molecule has 4 rings (SSSR count). The van der Waals surface area contributed by atoms with Crippen LogP contribution < -0.4 is 20.1 Å². The van der Waals surface area contributed by atoms with Gasteiger partial charge in [-0.1, -0.05) is 23.7 Å². The summed E-state index contributed by atoms with van der Waals surface area (Å²) in [5, 5.41) is 6.30. The van der Waals surface area contributed by atoms with E-state index in [0.717, 1.165) is 35.7 Å². The lowest BCUT2D eigenvalue weighted by molar-refractivity contribution is 0.141. The minimum Gasteiger partial charge on any atom is -0.497 e. The summed E-state index contributed by atoms with van der Waals surface area (Å²) in [7, 11) is 1.60. The highest BCUT2D eigenvalue weighted by Crippen LogP contribution is 2.25. The van der Waals surface area contributed by atoms with E-state index in [0.29, 0.717) is 29.4 Å². The number of ether oxygens (including phenoxy) is 3. The molecule has 3 aromatic carbocycles. The van der Waals surface area contributed by atoms with Gasteiger partial charge in [0.15, 0.2) is 0 Å². The van der Waals surface area contributed by atoms with Crippen molar-refractivity contribution in [2.75, 3.05) is 31.0 Å². The first kappa shape index (κ1) is 22.0. The van der Waals surface area contributed by atoms with Crippen molar-refractivity contribution in [3.05, 3.63) is 82.9 Å². The zero-order valence-corrected chi connectivity index (χ0v) is 18.5. The van der Waals surface area contributed by atoms with E-state index in [2.05, 4.69) is 10.6 Å². The summed E-state index contributed by atoms with van der Waals surface area (Å²) in [6, 6.07) is 20.2. The third kappa shape index (κ3) is 5.93. The molecule has 6 nitrogen and oxygen atoms in total. The van der Waals surface area contributed by atoms with Gasteiger partial charge in [0.25, 0.3) is 0 Å². The maximum absolute atomic E-state index is 12.4. The molecule has 3 aromatic rings. The molecule has 0 bridgehead atoms. The number of rotatable bonds is 7. The second-order valence-electron chi connectivity index (χ2n) is 7.54. The van der Waals surface area contributed by atoms with Crippen LogP contribution in [-0.2, 0) is 11.2 Å². The molecular weight excluding hydrogens is 428 g/mol. The average molecular weight is 453 g/mol. The molecule has 1 heterocycles. The van der Waals surface area contributed by atoms with E-state index >= 15 is 0 Å². The lowest BCUT2D eigenvalue weighted by atomic mass is 10.0. The molecule has 0 unspecified atom stereocenters. The fraction of sp³-hybridized carbons (Fsp3) is 0.240. The van der Waals surface area contributed by atoms with Crippen LogP contribution in [0.1, 0.15) is 17.5 Å². The standard InChI is InChI=1S/C25H25ClN2O4/c1-30-21-9-4-19(5-10-21)27-25(29)28-20-6-11-24(26)18(15-20)14-17-2-7-22(8-3-17)32-23-12-13-31-16-23/h2-11,15,23H,12-14,16H2,1H3,(H2,27,28,29)/t23-/m1/s1. The molecule has 0 radical (unpaired) electrons. The van der Waals surface area contributed by atoms with Gasteiger partial charge in [0.2, 0.25) is 0 Å². The summed E-state index contributed by atoms with van der Waals surface area (Å²) in [5.41, 5.74) is 3.36. The molecule has 1 atom stereocenters. The van der Waals surface area contributed by atoms with Crippen LogP contribution >= 0.6 is 11.6 Å².